The van der Waals surface area contributed by atoms with Gasteiger partial charge in [-0.15, -0.1) is 0 Å². The topological polar surface area (TPSA) is 66.0 Å². The van der Waals surface area contributed by atoms with Crippen molar-refractivity contribution in [3.8, 4) is 17.1 Å². The number of methoxy groups -OCH3 is 1. The second kappa shape index (κ2) is 4.78. The standard InChI is InChI=1S/C13H18N4O/c1-8-5-9(2)12(10(6-8)18-4)13-15-11(7-14)17(3)16-13/h5-6H,7,14H2,1-4H3. The van der Waals surface area contributed by atoms with E-state index in [2.05, 4.69) is 16.1 Å². The van der Waals surface area contributed by atoms with Crippen molar-refractivity contribution in [3.05, 3.63) is 29.1 Å². The third-order valence-electron chi connectivity index (χ3n) is 2.92. The lowest BCUT2D eigenvalue weighted by Gasteiger charge is -2.10. The maximum Gasteiger partial charge on any atom is 0.185 e. The SMILES string of the molecule is COc1cc(C)cc(C)c1-c1nc(CN)n(C)n1. The molecule has 0 fully saturated rings. The quantitative estimate of drug-likeness (QED) is 0.892. The van der Waals surface area contributed by atoms with Crippen molar-refractivity contribution < 1.29 is 4.74 Å². The van der Waals surface area contributed by atoms with Crippen LogP contribution < -0.4 is 10.5 Å². The van der Waals surface area contributed by atoms with Gasteiger partial charge in [-0.3, -0.25) is 4.68 Å². The zero-order chi connectivity index (χ0) is 13.3. The van der Waals surface area contributed by atoms with Crippen LogP contribution in [0.25, 0.3) is 11.4 Å². The second-order valence-corrected chi connectivity index (χ2v) is 4.34. The number of aryl methyl sites for hydroxylation is 3. The smallest absolute Gasteiger partial charge is 0.185 e. The second-order valence-electron chi connectivity index (χ2n) is 4.34. The average Bonchev–Trinajstić information content (AvgIpc) is 2.68. The lowest BCUT2D eigenvalue weighted by Crippen LogP contribution is -2.05. The molecule has 2 aromatic rings. The molecule has 0 saturated carbocycles. The molecule has 0 aliphatic heterocycles. The van der Waals surface area contributed by atoms with E-state index < -0.39 is 0 Å². The third-order valence-corrected chi connectivity index (χ3v) is 2.92. The zero-order valence-corrected chi connectivity index (χ0v) is 11.2. The lowest BCUT2D eigenvalue weighted by atomic mass is 10.0. The van der Waals surface area contributed by atoms with E-state index in [1.54, 1.807) is 11.8 Å². The van der Waals surface area contributed by atoms with Crippen LogP contribution in [0.4, 0.5) is 0 Å². The van der Waals surface area contributed by atoms with Crippen molar-refractivity contribution in [1.29, 1.82) is 0 Å². The normalized spacial score (nSPS) is 10.7. The van der Waals surface area contributed by atoms with Crippen molar-refractivity contribution in [3.63, 3.8) is 0 Å². The van der Waals surface area contributed by atoms with E-state index in [0.717, 1.165) is 28.3 Å². The number of benzene rings is 1. The Morgan fingerprint density at radius 2 is 2.06 bits per heavy atom. The van der Waals surface area contributed by atoms with Crippen LogP contribution in [-0.4, -0.2) is 21.9 Å². The van der Waals surface area contributed by atoms with Gasteiger partial charge in [0.05, 0.1) is 19.2 Å². The van der Waals surface area contributed by atoms with E-state index in [0.29, 0.717) is 12.4 Å². The Hall–Kier alpha value is -1.88. The van der Waals surface area contributed by atoms with E-state index in [1.807, 2.05) is 27.0 Å². The molecule has 0 radical (unpaired) electrons. The zero-order valence-electron chi connectivity index (χ0n) is 11.2. The molecule has 0 spiro atoms. The highest BCUT2D eigenvalue weighted by molar-refractivity contribution is 5.69. The van der Waals surface area contributed by atoms with Gasteiger partial charge in [-0.25, -0.2) is 4.98 Å². The van der Waals surface area contributed by atoms with Crippen molar-refractivity contribution in [2.75, 3.05) is 7.11 Å². The first kappa shape index (κ1) is 12.6. The third kappa shape index (κ3) is 2.09. The lowest BCUT2D eigenvalue weighted by molar-refractivity contribution is 0.415. The molecule has 0 saturated heterocycles. The number of nitrogens with zero attached hydrogens (tertiary/aromatic N) is 3. The molecule has 5 nitrogen and oxygen atoms in total. The summed E-state index contributed by atoms with van der Waals surface area (Å²) in [6.45, 7) is 4.44. The first-order valence-electron chi connectivity index (χ1n) is 5.82. The van der Waals surface area contributed by atoms with Crippen LogP contribution in [0.3, 0.4) is 0 Å². The number of hydrogen-bond acceptors (Lipinski definition) is 4. The minimum atomic E-state index is 0.372. The summed E-state index contributed by atoms with van der Waals surface area (Å²) in [4.78, 5) is 4.44. The summed E-state index contributed by atoms with van der Waals surface area (Å²) in [6.07, 6.45) is 0. The molecule has 0 aliphatic carbocycles. The minimum Gasteiger partial charge on any atom is -0.496 e. The van der Waals surface area contributed by atoms with Gasteiger partial charge in [0.1, 0.15) is 11.6 Å². The van der Waals surface area contributed by atoms with E-state index in [-0.39, 0.29) is 0 Å². The molecular formula is C13H18N4O. The van der Waals surface area contributed by atoms with Crippen LogP contribution >= 0.6 is 0 Å². The van der Waals surface area contributed by atoms with Crippen LogP contribution in [0.5, 0.6) is 5.75 Å². The Bertz CT molecular complexity index is 575. The summed E-state index contributed by atoms with van der Waals surface area (Å²) in [5, 5.41) is 4.40. The molecule has 1 heterocycles. The molecule has 1 aromatic carbocycles. The predicted molar refractivity (Wildman–Crippen MR) is 70.4 cm³/mol. The van der Waals surface area contributed by atoms with Crippen LogP contribution in [0.2, 0.25) is 0 Å². The molecule has 5 heteroatoms. The Labute approximate surface area is 107 Å². The highest BCUT2D eigenvalue weighted by Gasteiger charge is 2.16. The maximum atomic E-state index is 5.62. The Morgan fingerprint density at radius 3 is 2.61 bits per heavy atom. The molecule has 1 aromatic heterocycles. The number of rotatable bonds is 3. The van der Waals surface area contributed by atoms with Gasteiger partial charge in [0, 0.05) is 7.05 Å². The summed E-state index contributed by atoms with van der Waals surface area (Å²) < 4.78 is 7.13. The van der Waals surface area contributed by atoms with E-state index in [4.69, 9.17) is 10.5 Å². The Balaban J connectivity index is 2.62. The number of aromatic nitrogens is 3. The van der Waals surface area contributed by atoms with E-state index in [1.165, 1.54) is 0 Å². The molecule has 18 heavy (non-hydrogen) atoms. The molecule has 2 N–H and O–H groups in total. The van der Waals surface area contributed by atoms with Crippen LogP contribution in [0, 0.1) is 13.8 Å². The molecule has 0 amide bonds. The Morgan fingerprint density at radius 1 is 1.33 bits per heavy atom. The van der Waals surface area contributed by atoms with Gasteiger partial charge in [-0.2, -0.15) is 5.10 Å². The summed E-state index contributed by atoms with van der Waals surface area (Å²) in [7, 11) is 3.50. The number of nitrogens with two attached hydrogens (primary N) is 1. The fraction of sp³-hybridized carbons (Fsp3) is 0.385. The predicted octanol–water partition coefficient (Wildman–Crippen LogP) is 1.57. The van der Waals surface area contributed by atoms with Crippen LogP contribution in [0.1, 0.15) is 17.0 Å². The van der Waals surface area contributed by atoms with Crippen molar-refractivity contribution in [1.82, 2.24) is 14.8 Å². The molecule has 2 rings (SSSR count). The highest BCUT2D eigenvalue weighted by atomic mass is 16.5. The Kier molecular flexibility index (Phi) is 3.34. The first-order valence-corrected chi connectivity index (χ1v) is 5.82. The molecule has 0 aliphatic rings. The van der Waals surface area contributed by atoms with Gasteiger partial charge in [0.15, 0.2) is 5.82 Å². The summed E-state index contributed by atoms with van der Waals surface area (Å²) >= 11 is 0. The van der Waals surface area contributed by atoms with E-state index >= 15 is 0 Å². The van der Waals surface area contributed by atoms with Gasteiger partial charge in [0.2, 0.25) is 0 Å². The molecule has 0 bridgehead atoms. The average molecular weight is 246 g/mol. The van der Waals surface area contributed by atoms with Crippen molar-refractivity contribution >= 4 is 0 Å². The minimum absolute atomic E-state index is 0.372. The fourth-order valence-corrected chi connectivity index (χ4v) is 2.08. The summed E-state index contributed by atoms with van der Waals surface area (Å²) in [5.74, 6) is 2.21. The maximum absolute atomic E-state index is 5.62. The van der Waals surface area contributed by atoms with Crippen LogP contribution in [0.15, 0.2) is 12.1 Å². The van der Waals surface area contributed by atoms with Gasteiger partial charge in [-0.05, 0) is 31.0 Å². The summed E-state index contributed by atoms with van der Waals surface area (Å²) in [6, 6.07) is 4.08. The molecular weight excluding hydrogens is 228 g/mol. The first-order chi connectivity index (χ1) is 8.56. The van der Waals surface area contributed by atoms with Gasteiger partial charge in [-0.1, -0.05) is 6.07 Å². The molecule has 0 atom stereocenters. The van der Waals surface area contributed by atoms with Crippen molar-refractivity contribution in [2.24, 2.45) is 12.8 Å². The molecule has 96 valence electrons. The van der Waals surface area contributed by atoms with Crippen LogP contribution in [-0.2, 0) is 13.6 Å². The molecule has 0 unspecified atom stereocenters. The van der Waals surface area contributed by atoms with Gasteiger partial charge >= 0.3 is 0 Å². The number of hydrogen-bond donors (Lipinski definition) is 1. The van der Waals surface area contributed by atoms with Gasteiger partial charge < -0.3 is 10.5 Å². The monoisotopic (exact) mass is 246 g/mol. The number of ether oxygens (including phenoxy) is 1. The van der Waals surface area contributed by atoms with E-state index in [9.17, 15) is 0 Å². The largest absolute Gasteiger partial charge is 0.496 e. The highest BCUT2D eigenvalue weighted by Crippen LogP contribution is 2.32. The van der Waals surface area contributed by atoms with Gasteiger partial charge in [0.25, 0.3) is 0 Å². The summed E-state index contributed by atoms with van der Waals surface area (Å²) in [5.41, 5.74) is 8.80. The fourth-order valence-electron chi connectivity index (χ4n) is 2.08. The van der Waals surface area contributed by atoms with Crippen molar-refractivity contribution in [2.45, 2.75) is 20.4 Å².